The largest absolute Gasteiger partial charge is 0.435 e. The van der Waals surface area contributed by atoms with Crippen LogP contribution in [0.5, 0.6) is 5.75 Å². The van der Waals surface area contributed by atoms with Crippen molar-refractivity contribution in [3.05, 3.63) is 94.8 Å². The number of hydrogen-bond acceptors (Lipinski definition) is 6. The molecule has 3 aromatic carbocycles. The lowest BCUT2D eigenvalue weighted by Crippen LogP contribution is -2.36. The SMILES string of the molecule is O=c1c(Nc2ccc(N3CCOCC3)cc2)c(-c2ccccc2)sn1Cc1ccc(OC(F)F)cc1. The Bertz CT molecular complexity index is 1330. The van der Waals surface area contributed by atoms with Crippen molar-refractivity contribution in [3.63, 3.8) is 0 Å². The van der Waals surface area contributed by atoms with Gasteiger partial charge in [-0.1, -0.05) is 54.0 Å². The second-order valence-corrected chi connectivity index (χ2v) is 9.33. The summed E-state index contributed by atoms with van der Waals surface area (Å²) < 4.78 is 36.4. The van der Waals surface area contributed by atoms with E-state index < -0.39 is 6.61 Å². The molecule has 1 saturated heterocycles. The molecule has 36 heavy (non-hydrogen) atoms. The summed E-state index contributed by atoms with van der Waals surface area (Å²) >= 11 is 1.36. The minimum absolute atomic E-state index is 0.0835. The van der Waals surface area contributed by atoms with Crippen LogP contribution in [0, 0.1) is 0 Å². The van der Waals surface area contributed by atoms with Crippen molar-refractivity contribution in [3.8, 4) is 16.2 Å². The molecule has 1 fully saturated rings. The maximum atomic E-state index is 13.5. The summed E-state index contributed by atoms with van der Waals surface area (Å²) in [5, 5.41) is 3.34. The molecule has 5 rings (SSSR count). The average Bonchev–Trinajstić information content (AvgIpc) is 3.21. The molecule has 0 amide bonds. The Morgan fingerprint density at radius 2 is 1.64 bits per heavy atom. The Balaban J connectivity index is 1.41. The quantitative estimate of drug-likeness (QED) is 0.325. The van der Waals surface area contributed by atoms with Gasteiger partial charge in [0.2, 0.25) is 0 Å². The highest BCUT2D eigenvalue weighted by molar-refractivity contribution is 7.10. The van der Waals surface area contributed by atoms with Crippen LogP contribution in [0.1, 0.15) is 5.56 Å². The molecule has 0 spiro atoms. The zero-order chi connectivity index (χ0) is 24.9. The van der Waals surface area contributed by atoms with Crippen LogP contribution in [0.2, 0.25) is 0 Å². The number of ether oxygens (including phenoxy) is 2. The molecule has 1 aromatic heterocycles. The molecule has 0 unspecified atom stereocenters. The minimum atomic E-state index is -2.87. The number of halogens is 2. The summed E-state index contributed by atoms with van der Waals surface area (Å²) in [6.45, 7) is 0.592. The fourth-order valence-electron chi connectivity index (χ4n) is 4.08. The lowest BCUT2D eigenvalue weighted by atomic mass is 10.1. The monoisotopic (exact) mass is 509 g/mol. The summed E-state index contributed by atoms with van der Waals surface area (Å²) in [6.07, 6.45) is 0. The normalized spacial score (nSPS) is 13.7. The Hall–Kier alpha value is -3.69. The van der Waals surface area contributed by atoms with E-state index in [4.69, 9.17) is 4.74 Å². The van der Waals surface area contributed by atoms with Gasteiger partial charge in [0.15, 0.2) is 0 Å². The van der Waals surface area contributed by atoms with Crippen molar-refractivity contribution in [1.82, 2.24) is 3.96 Å². The van der Waals surface area contributed by atoms with Crippen molar-refractivity contribution in [2.45, 2.75) is 13.2 Å². The number of anilines is 3. The van der Waals surface area contributed by atoms with Gasteiger partial charge >= 0.3 is 6.61 Å². The second-order valence-electron chi connectivity index (χ2n) is 8.30. The van der Waals surface area contributed by atoms with Gasteiger partial charge in [0, 0.05) is 24.5 Å². The number of aromatic nitrogens is 1. The van der Waals surface area contributed by atoms with Gasteiger partial charge in [-0.05, 0) is 47.5 Å². The van der Waals surface area contributed by atoms with E-state index in [1.165, 1.54) is 23.7 Å². The highest BCUT2D eigenvalue weighted by Gasteiger charge is 2.18. The number of benzene rings is 3. The molecule has 4 aromatic rings. The predicted molar refractivity (Wildman–Crippen MR) is 139 cm³/mol. The van der Waals surface area contributed by atoms with E-state index in [1.807, 2.05) is 54.6 Å². The Labute approximate surface area is 211 Å². The summed E-state index contributed by atoms with van der Waals surface area (Å²) in [6, 6.07) is 24.1. The van der Waals surface area contributed by atoms with Crippen LogP contribution < -0.4 is 20.5 Å². The lowest BCUT2D eigenvalue weighted by molar-refractivity contribution is -0.0498. The smallest absolute Gasteiger partial charge is 0.387 e. The van der Waals surface area contributed by atoms with Gasteiger partial charge in [-0.2, -0.15) is 8.78 Å². The van der Waals surface area contributed by atoms with Crippen LogP contribution in [0.4, 0.5) is 25.8 Å². The fraction of sp³-hybridized carbons (Fsp3) is 0.222. The molecule has 1 N–H and O–H groups in total. The van der Waals surface area contributed by atoms with Crippen molar-refractivity contribution < 1.29 is 18.3 Å². The number of morpholine rings is 1. The molecule has 2 heterocycles. The molecule has 0 radical (unpaired) electrons. The standard InChI is InChI=1S/C27H25F2N3O3S/c28-27(29)35-23-12-6-19(7-13-23)18-32-26(33)24(25(36-32)20-4-2-1-3-5-20)30-21-8-10-22(11-9-21)31-14-16-34-17-15-31/h1-13,27,30H,14-18H2. The number of hydrogen-bond donors (Lipinski definition) is 1. The number of nitrogens with one attached hydrogen (secondary N) is 1. The lowest BCUT2D eigenvalue weighted by Gasteiger charge is -2.28. The third-order valence-corrected chi connectivity index (χ3v) is 7.03. The molecule has 0 saturated carbocycles. The highest BCUT2D eigenvalue weighted by atomic mass is 32.1. The van der Waals surface area contributed by atoms with Crippen LogP contribution in [0.15, 0.2) is 83.7 Å². The van der Waals surface area contributed by atoms with Gasteiger partial charge < -0.3 is 19.7 Å². The fourth-order valence-corrected chi connectivity index (χ4v) is 5.16. The van der Waals surface area contributed by atoms with E-state index in [0.29, 0.717) is 12.2 Å². The maximum absolute atomic E-state index is 13.5. The van der Waals surface area contributed by atoms with Crippen molar-refractivity contribution >= 4 is 28.6 Å². The Kier molecular flexibility index (Phi) is 7.29. The zero-order valence-electron chi connectivity index (χ0n) is 19.4. The van der Waals surface area contributed by atoms with E-state index in [0.717, 1.165) is 53.7 Å². The van der Waals surface area contributed by atoms with Gasteiger partial charge in [-0.3, -0.25) is 8.75 Å². The molecule has 6 nitrogen and oxygen atoms in total. The van der Waals surface area contributed by atoms with Crippen LogP contribution in [-0.4, -0.2) is 36.9 Å². The van der Waals surface area contributed by atoms with Crippen molar-refractivity contribution in [1.29, 1.82) is 0 Å². The van der Waals surface area contributed by atoms with Gasteiger partial charge in [0.25, 0.3) is 5.56 Å². The highest BCUT2D eigenvalue weighted by Crippen LogP contribution is 2.33. The first kappa shape index (κ1) is 24.0. The Morgan fingerprint density at radius 3 is 2.31 bits per heavy atom. The van der Waals surface area contributed by atoms with Crippen LogP contribution >= 0.6 is 11.5 Å². The summed E-state index contributed by atoms with van der Waals surface area (Å²) in [5.74, 6) is 0.0835. The molecule has 0 aliphatic carbocycles. The van der Waals surface area contributed by atoms with Crippen LogP contribution in [0.3, 0.4) is 0 Å². The van der Waals surface area contributed by atoms with E-state index in [9.17, 15) is 13.6 Å². The zero-order valence-corrected chi connectivity index (χ0v) is 20.2. The molecule has 1 aliphatic rings. The molecule has 9 heteroatoms. The number of rotatable bonds is 8. The summed E-state index contributed by atoms with van der Waals surface area (Å²) in [5.41, 5.74) is 4.04. The van der Waals surface area contributed by atoms with E-state index in [-0.39, 0.29) is 11.3 Å². The van der Waals surface area contributed by atoms with Crippen molar-refractivity contribution in [2.75, 3.05) is 36.5 Å². The molecular weight excluding hydrogens is 484 g/mol. The van der Waals surface area contributed by atoms with Crippen LogP contribution in [-0.2, 0) is 11.3 Å². The van der Waals surface area contributed by atoms with E-state index in [2.05, 4.69) is 15.0 Å². The first-order valence-electron chi connectivity index (χ1n) is 11.6. The molecular formula is C27H25F2N3O3S. The average molecular weight is 510 g/mol. The first-order valence-corrected chi connectivity index (χ1v) is 12.4. The topological polar surface area (TPSA) is 55.7 Å². The summed E-state index contributed by atoms with van der Waals surface area (Å²) in [7, 11) is 0. The minimum Gasteiger partial charge on any atom is -0.435 e. The maximum Gasteiger partial charge on any atom is 0.387 e. The Morgan fingerprint density at radius 1 is 0.944 bits per heavy atom. The van der Waals surface area contributed by atoms with Gasteiger partial charge in [0.1, 0.15) is 11.4 Å². The van der Waals surface area contributed by atoms with Crippen LogP contribution in [0.25, 0.3) is 10.4 Å². The van der Waals surface area contributed by atoms with E-state index >= 15 is 0 Å². The molecule has 186 valence electrons. The van der Waals surface area contributed by atoms with Gasteiger partial charge in [-0.25, -0.2) is 0 Å². The molecule has 0 atom stereocenters. The predicted octanol–water partition coefficient (Wildman–Crippen LogP) is 5.81. The summed E-state index contributed by atoms with van der Waals surface area (Å²) in [4.78, 5) is 16.6. The third kappa shape index (κ3) is 5.58. The number of alkyl halides is 2. The molecule has 1 aliphatic heterocycles. The third-order valence-electron chi connectivity index (χ3n) is 5.89. The van der Waals surface area contributed by atoms with E-state index in [1.54, 1.807) is 16.1 Å². The van der Waals surface area contributed by atoms with Gasteiger partial charge in [0.05, 0.1) is 24.6 Å². The second kappa shape index (κ2) is 10.9. The van der Waals surface area contributed by atoms with Crippen molar-refractivity contribution in [2.24, 2.45) is 0 Å². The molecule has 0 bridgehead atoms. The first-order chi connectivity index (χ1) is 17.6. The number of nitrogens with zero attached hydrogens (tertiary/aromatic N) is 2. The van der Waals surface area contributed by atoms with Gasteiger partial charge in [-0.15, -0.1) is 0 Å².